The third kappa shape index (κ3) is 5.78. The molecule has 0 bridgehead atoms. The predicted molar refractivity (Wildman–Crippen MR) is 136 cm³/mol. The predicted octanol–water partition coefficient (Wildman–Crippen LogP) is 6.33. The van der Waals surface area contributed by atoms with E-state index in [2.05, 4.69) is 43.9 Å². The summed E-state index contributed by atoms with van der Waals surface area (Å²) >= 11 is 7.03. The molecule has 3 aromatic rings. The van der Waals surface area contributed by atoms with Crippen molar-refractivity contribution >= 4 is 49.0 Å². The van der Waals surface area contributed by atoms with Gasteiger partial charge in [-0.1, -0.05) is 29.3 Å². The van der Waals surface area contributed by atoms with E-state index in [0.717, 1.165) is 27.4 Å². The lowest BCUT2D eigenvalue weighted by Crippen LogP contribution is -2.22. The Morgan fingerprint density at radius 1 is 1.16 bits per heavy atom. The first kappa shape index (κ1) is 24.5. The van der Waals surface area contributed by atoms with E-state index in [-0.39, 0.29) is 11.7 Å². The average molecular weight is 565 g/mol. The van der Waals surface area contributed by atoms with E-state index < -0.39 is 0 Å². The highest BCUT2D eigenvalue weighted by Crippen LogP contribution is 2.34. The van der Waals surface area contributed by atoms with Crippen molar-refractivity contribution in [2.45, 2.75) is 53.1 Å². The highest BCUT2D eigenvalue weighted by molar-refractivity contribution is 9.10. The van der Waals surface area contributed by atoms with Crippen molar-refractivity contribution in [3.05, 3.63) is 61.0 Å². The highest BCUT2D eigenvalue weighted by Gasteiger charge is 2.13. The Kier molecular flexibility index (Phi) is 8.48. The molecule has 0 fully saturated rings. The molecule has 3 rings (SSSR count). The molecule has 0 saturated carbocycles. The van der Waals surface area contributed by atoms with Gasteiger partial charge in [0.05, 0.1) is 29.8 Å². The third-order valence-electron chi connectivity index (χ3n) is 4.67. The van der Waals surface area contributed by atoms with E-state index in [1.807, 2.05) is 45.0 Å². The van der Waals surface area contributed by atoms with Crippen LogP contribution >= 0.6 is 31.9 Å². The number of ether oxygens (including phenoxy) is 2. The molecule has 32 heavy (non-hydrogen) atoms. The molecule has 0 aliphatic rings. The Bertz CT molecular complexity index is 1190. The summed E-state index contributed by atoms with van der Waals surface area (Å²) in [5.74, 6) is 1.93. The maximum atomic E-state index is 13.2. The number of benzene rings is 2. The highest BCUT2D eigenvalue weighted by atomic mass is 79.9. The summed E-state index contributed by atoms with van der Waals surface area (Å²) in [7, 11) is 0. The van der Waals surface area contributed by atoms with Gasteiger partial charge in [-0.05, 0) is 73.5 Å². The number of nitrogens with zero attached hydrogens (tertiary/aromatic N) is 3. The Balaban J connectivity index is 2.09. The Labute approximate surface area is 204 Å². The second-order valence-corrected chi connectivity index (χ2v) is 9.34. The fraction of sp³-hybridized carbons (Fsp3) is 0.375. The van der Waals surface area contributed by atoms with Crippen LogP contribution in [0.5, 0.6) is 11.5 Å². The van der Waals surface area contributed by atoms with Gasteiger partial charge < -0.3 is 9.47 Å². The number of aromatic nitrogens is 2. The van der Waals surface area contributed by atoms with Crippen LogP contribution in [0.4, 0.5) is 0 Å². The molecule has 6 nitrogen and oxygen atoms in total. The molecule has 0 spiro atoms. The molecule has 170 valence electrons. The molecule has 0 aliphatic heterocycles. The van der Waals surface area contributed by atoms with Crippen LogP contribution in [-0.2, 0) is 6.42 Å². The van der Waals surface area contributed by atoms with E-state index in [4.69, 9.17) is 14.5 Å². The lowest BCUT2D eigenvalue weighted by atomic mass is 10.2. The second kappa shape index (κ2) is 11.1. The zero-order valence-corrected chi connectivity index (χ0v) is 21.9. The minimum Gasteiger partial charge on any atom is -0.490 e. The number of halogens is 2. The Morgan fingerprint density at radius 2 is 1.94 bits per heavy atom. The summed E-state index contributed by atoms with van der Waals surface area (Å²) in [6.07, 6.45) is 4.25. The van der Waals surface area contributed by atoms with Crippen molar-refractivity contribution in [1.82, 2.24) is 9.66 Å². The molecule has 0 N–H and O–H groups in total. The monoisotopic (exact) mass is 563 g/mol. The molecule has 0 aliphatic carbocycles. The van der Waals surface area contributed by atoms with Crippen LogP contribution in [-0.4, -0.2) is 28.6 Å². The van der Waals surface area contributed by atoms with E-state index >= 15 is 0 Å². The van der Waals surface area contributed by atoms with Gasteiger partial charge in [-0.25, -0.2) is 4.98 Å². The van der Waals surface area contributed by atoms with Gasteiger partial charge in [0.15, 0.2) is 11.5 Å². The van der Waals surface area contributed by atoms with Crippen LogP contribution in [0.2, 0.25) is 0 Å². The normalized spacial score (nSPS) is 11.6. The standard InChI is InChI=1S/C24H27Br2N3O3/c1-5-7-8-23-28-20-10-9-17(25)12-18(20)24(30)29(23)27-14-16-11-21(31-6-2)22(13-19(16)26)32-15(3)4/h9-15H,5-8H2,1-4H3. The van der Waals surface area contributed by atoms with Gasteiger partial charge in [0.2, 0.25) is 0 Å². The third-order valence-corrected chi connectivity index (χ3v) is 5.85. The molecule has 0 atom stereocenters. The van der Waals surface area contributed by atoms with Gasteiger partial charge in [0.25, 0.3) is 5.56 Å². The van der Waals surface area contributed by atoms with Crippen LogP contribution in [0.15, 0.2) is 49.2 Å². The molecule has 0 amide bonds. The number of aryl methyl sites for hydroxylation is 1. The zero-order valence-electron chi connectivity index (χ0n) is 18.7. The zero-order chi connectivity index (χ0) is 23.3. The first-order valence-electron chi connectivity index (χ1n) is 10.7. The Hall–Kier alpha value is -2.19. The van der Waals surface area contributed by atoms with E-state index in [9.17, 15) is 4.79 Å². The molecule has 2 aromatic carbocycles. The number of fused-ring (bicyclic) bond motifs is 1. The van der Waals surface area contributed by atoms with Gasteiger partial charge in [0, 0.05) is 20.9 Å². The second-order valence-electron chi connectivity index (χ2n) is 7.57. The molecule has 8 heteroatoms. The fourth-order valence-corrected chi connectivity index (χ4v) is 3.98. The Morgan fingerprint density at radius 3 is 2.62 bits per heavy atom. The van der Waals surface area contributed by atoms with Crippen molar-refractivity contribution in [2.75, 3.05) is 6.61 Å². The lowest BCUT2D eigenvalue weighted by molar-refractivity contribution is 0.223. The number of rotatable bonds is 9. The molecular weight excluding hydrogens is 538 g/mol. The molecule has 0 radical (unpaired) electrons. The lowest BCUT2D eigenvalue weighted by Gasteiger charge is -2.16. The quantitative estimate of drug-likeness (QED) is 0.285. The largest absolute Gasteiger partial charge is 0.490 e. The van der Waals surface area contributed by atoms with Crippen LogP contribution in [0.1, 0.15) is 51.9 Å². The van der Waals surface area contributed by atoms with Gasteiger partial charge >= 0.3 is 0 Å². The first-order valence-corrected chi connectivity index (χ1v) is 12.3. The molecule has 1 aromatic heterocycles. The summed E-state index contributed by atoms with van der Waals surface area (Å²) in [5, 5.41) is 5.06. The van der Waals surface area contributed by atoms with E-state index in [1.165, 1.54) is 4.68 Å². The SMILES string of the molecule is CCCCc1nc2ccc(Br)cc2c(=O)n1N=Cc1cc(OCC)c(OC(C)C)cc1Br. The molecule has 0 saturated heterocycles. The maximum absolute atomic E-state index is 13.2. The van der Waals surface area contributed by atoms with Gasteiger partial charge in [-0.2, -0.15) is 9.78 Å². The van der Waals surface area contributed by atoms with Gasteiger partial charge in [0.1, 0.15) is 5.82 Å². The van der Waals surface area contributed by atoms with Gasteiger partial charge in [-0.3, -0.25) is 4.79 Å². The van der Waals surface area contributed by atoms with Crippen LogP contribution in [0, 0.1) is 0 Å². The number of hydrogen-bond acceptors (Lipinski definition) is 5. The maximum Gasteiger partial charge on any atom is 0.282 e. The minimum atomic E-state index is -0.195. The van der Waals surface area contributed by atoms with Gasteiger partial charge in [-0.15, -0.1) is 0 Å². The minimum absolute atomic E-state index is 0.0170. The molecule has 0 unspecified atom stereocenters. The van der Waals surface area contributed by atoms with Crippen molar-refractivity contribution in [3.63, 3.8) is 0 Å². The van der Waals surface area contributed by atoms with Crippen LogP contribution in [0.3, 0.4) is 0 Å². The van der Waals surface area contributed by atoms with E-state index in [0.29, 0.717) is 41.3 Å². The van der Waals surface area contributed by atoms with Crippen molar-refractivity contribution in [1.29, 1.82) is 0 Å². The first-order chi connectivity index (χ1) is 15.3. The fourth-order valence-electron chi connectivity index (χ4n) is 3.19. The average Bonchev–Trinajstić information content (AvgIpc) is 2.74. The smallest absolute Gasteiger partial charge is 0.282 e. The van der Waals surface area contributed by atoms with Crippen molar-refractivity contribution < 1.29 is 9.47 Å². The van der Waals surface area contributed by atoms with Crippen LogP contribution in [0.25, 0.3) is 10.9 Å². The summed E-state index contributed by atoms with van der Waals surface area (Å²) in [6, 6.07) is 9.24. The van der Waals surface area contributed by atoms with Crippen molar-refractivity contribution in [2.24, 2.45) is 5.10 Å². The summed E-state index contributed by atoms with van der Waals surface area (Å²) in [6.45, 7) is 8.48. The summed E-state index contributed by atoms with van der Waals surface area (Å²) < 4.78 is 14.6. The van der Waals surface area contributed by atoms with E-state index in [1.54, 1.807) is 12.3 Å². The summed E-state index contributed by atoms with van der Waals surface area (Å²) in [5.41, 5.74) is 1.25. The number of hydrogen-bond donors (Lipinski definition) is 0. The van der Waals surface area contributed by atoms with Crippen molar-refractivity contribution in [3.8, 4) is 11.5 Å². The number of unbranched alkanes of at least 4 members (excludes halogenated alkanes) is 1. The molecular formula is C24H27Br2N3O3. The topological polar surface area (TPSA) is 65.7 Å². The van der Waals surface area contributed by atoms with Crippen LogP contribution < -0.4 is 15.0 Å². The summed E-state index contributed by atoms with van der Waals surface area (Å²) in [4.78, 5) is 18.0. The molecule has 1 heterocycles.